The summed E-state index contributed by atoms with van der Waals surface area (Å²) in [5, 5.41) is 3.41. The number of rotatable bonds is 9. The van der Waals surface area contributed by atoms with Crippen LogP contribution in [0, 0.1) is 0 Å². The highest BCUT2D eigenvalue weighted by atomic mass is 16.7. The zero-order chi connectivity index (χ0) is 10.8. The molecule has 0 fully saturated rings. The number of allylic oxidation sites excluding steroid dienone is 1. The number of ether oxygens (including phenoxy) is 2. The van der Waals surface area contributed by atoms with Crippen LogP contribution in [0.1, 0.15) is 26.2 Å². The van der Waals surface area contributed by atoms with Crippen LogP contribution in [0.15, 0.2) is 12.7 Å². The number of methoxy groups -OCH3 is 2. The van der Waals surface area contributed by atoms with Crippen LogP contribution < -0.4 is 5.32 Å². The van der Waals surface area contributed by atoms with Crippen molar-refractivity contribution in [3.8, 4) is 0 Å². The van der Waals surface area contributed by atoms with E-state index in [1.807, 2.05) is 6.08 Å². The van der Waals surface area contributed by atoms with Gasteiger partial charge in [0, 0.05) is 14.2 Å². The van der Waals surface area contributed by atoms with Crippen molar-refractivity contribution in [2.75, 3.05) is 20.8 Å². The van der Waals surface area contributed by atoms with E-state index in [1.165, 1.54) is 0 Å². The smallest absolute Gasteiger partial charge is 0.171 e. The van der Waals surface area contributed by atoms with E-state index < -0.39 is 0 Å². The van der Waals surface area contributed by atoms with Crippen molar-refractivity contribution in [2.45, 2.75) is 38.5 Å². The summed E-state index contributed by atoms with van der Waals surface area (Å²) in [7, 11) is 3.34. The maximum absolute atomic E-state index is 5.24. The molecule has 0 aromatic heterocycles. The minimum atomic E-state index is -0.165. The summed E-state index contributed by atoms with van der Waals surface area (Å²) in [5.41, 5.74) is 0. The van der Waals surface area contributed by atoms with Crippen molar-refractivity contribution in [1.29, 1.82) is 0 Å². The molecule has 1 atom stereocenters. The van der Waals surface area contributed by atoms with Crippen molar-refractivity contribution < 1.29 is 9.47 Å². The molecule has 0 rings (SSSR count). The van der Waals surface area contributed by atoms with Crippen LogP contribution in [0.3, 0.4) is 0 Å². The Hall–Kier alpha value is -0.380. The fourth-order valence-corrected chi connectivity index (χ4v) is 1.39. The zero-order valence-corrected chi connectivity index (χ0v) is 9.58. The molecule has 0 radical (unpaired) electrons. The second-order valence-corrected chi connectivity index (χ2v) is 3.27. The lowest BCUT2D eigenvalue weighted by Crippen LogP contribution is -2.42. The molecule has 0 spiro atoms. The van der Waals surface area contributed by atoms with E-state index >= 15 is 0 Å². The van der Waals surface area contributed by atoms with Crippen LogP contribution in [0.5, 0.6) is 0 Å². The van der Waals surface area contributed by atoms with E-state index in [0.717, 1.165) is 25.8 Å². The van der Waals surface area contributed by atoms with E-state index in [1.54, 1.807) is 14.2 Å². The number of hydrogen-bond donors (Lipinski definition) is 1. The van der Waals surface area contributed by atoms with E-state index in [4.69, 9.17) is 9.47 Å². The molecule has 14 heavy (non-hydrogen) atoms. The second kappa shape index (κ2) is 9.19. The van der Waals surface area contributed by atoms with Crippen LogP contribution in [-0.4, -0.2) is 33.1 Å². The van der Waals surface area contributed by atoms with Crippen LogP contribution >= 0.6 is 0 Å². The maximum atomic E-state index is 5.24. The highest BCUT2D eigenvalue weighted by molar-refractivity contribution is 4.76. The minimum absolute atomic E-state index is 0.165. The van der Waals surface area contributed by atoms with E-state index in [9.17, 15) is 0 Å². The molecule has 0 aromatic carbocycles. The summed E-state index contributed by atoms with van der Waals surface area (Å²) in [5.74, 6) is 0. The third-order valence-electron chi connectivity index (χ3n) is 2.13. The van der Waals surface area contributed by atoms with Crippen LogP contribution in [-0.2, 0) is 9.47 Å². The van der Waals surface area contributed by atoms with Gasteiger partial charge in [-0.1, -0.05) is 13.0 Å². The Labute approximate surface area is 87.5 Å². The monoisotopic (exact) mass is 201 g/mol. The lowest BCUT2D eigenvalue weighted by molar-refractivity contribution is -0.123. The summed E-state index contributed by atoms with van der Waals surface area (Å²) in [6, 6.07) is 0.253. The second-order valence-electron chi connectivity index (χ2n) is 3.27. The van der Waals surface area contributed by atoms with E-state index in [0.29, 0.717) is 0 Å². The first kappa shape index (κ1) is 13.6. The average Bonchev–Trinajstić information content (AvgIpc) is 2.22. The molecular formula is C11H23NO2. The first-order chi connectivity index (χ1) is 6.79. The fourth-order valence-electron chi connectivity index (χ4n) is 1.39. The predicted molar refractivity (Wildman–Crippen MR) is 59.3 cm³/mol. The Bertz CT molecular complexity index is 135. The molecule has 1 N–H and O–H groups in total. The predicted octanol–water partition coefficient (Wildman–Crippen LogP) is 1.94. The highest BCUT2D eigenvalue weighted by Gasteiger charge is 2.18. The lowest BCUT2D eigenvalue weighted by Gasteiger charge is -2.25. The van der Waals surface area contributed by atoms with E-state index in [-0.39, 0.29) is 12.3 Å². The van der Waals surface area contributed by atoms with Crippen molar-refractivity contribution in [3.05, 3.63) is 12.7 Å². The topological polar surface area (TPSA) is 30.5 Å². The van der Waals surface area contributed by atoms with Gasteiger partial charge in [-0.25, -0.2) is 0 Å². The molecule has 0 bridgehead atoms. The van der Waals surface area contributed by atoms with Crippen molar-refractivity contribution in [1.82, 2.24) is 5.32 Å². The molecule has 3 heteroatoms. The van der Waals surface area contributed by atoms with Gasteiger partial charge in [-0.3, -0.25) is 0 Å². The van der Waals surface area contributed by atoms with Crippen molar-refractivity contribution in [3.63, 3.8) is 0 Å². The Morgan fingerprint density at radius 2 is 2.00 bits per heavy atom. The number of nitrogens with one attached hydrogen (secondary N) is 1. The molecule has 0 amide bonds. The fraction of sp³-hybridized carbons (Fsp3) is 0.818. The molecule has 0 aliphatic rings. The molecule has 3 nitrogen and oxygen atoms in total. The van der Waals surface area contributed by atoms with Crippen LogP contribution in [0.25, 0.3) is 0 Å². The molecule has 1 unspecified atom stereocenters. The molecular weight excluding hydrogens is 178 g/mol. The average molecular weight is 201 g/mol. The van der Waals surface area contributed by atoms with Gasteiger partial charge < -0.3 is 14.8 Å². The van der Waals surface area contributed by atoms with Gasteiger partial charge >= 0.3 is 0 Å². The quantitative estimate of drug-likeness (QED) is 0.457. The molecule has 0 aromatic rings. The SMILES string of the molecule is C=CCCC(NCCC)C(OC)OC. The summed E-state index contributed by atoms with van der Waals surface area (Å²) in [4.78, 5) is 0. The van der Waals surface area contributed by atoms with Crippen LogP contribution in [0.2, 0.25) is 0 Å². The molecule has 84 valence electrons. The summed E-state index contributed by atoms with van der Waals surface area (Å²) < 4.78 is 10.5. The Kier molecular flexibility index (Phi) is 8.94. The third-order valence-corrected chi connectivity index (χ3v) is 2.13. The molecule has 0 aliphatic heterocycles. The van der Waals surface area contributed by atoms with Crippen molar-refractivity contribution >= 4 is 0 Å². The summed E-state index contributed by atoms with van der Waals surface area (Å²) in [6.45, 7) is 6.85. The summed E-state index contributed by atoms with van der Waals surface area (Å²) in [6.07, 6.45) is 4.84. The van der Waals surface area contributed by atoms with Gasteiger partial charge in [0.1, 0.15) is 0 Å². The maximum Gasteiger partial charge on any atom is 0.171 e. The minimum Gasteiger partial charge on any atom is -0.354 e. The van der Waals surface area contributed by atoms with Crippen molar-refractivity contribution in [2.24, 2.45) is 0 Å². The van der Waals surface area contributed by atoms with Gasteiger partial charge in [-0.2, -0.15) is 0 Å². The lowest BCUT2D eigenvalue weighted by atomic mass is 10.1. The first-order valence-corrected chi connectivity index (χ1v) is 5.20. The number of hydrogen-bond acceptors (Lipinski definition) is 3. The summed E-state index contributed by atoms with van der Waals surface area (Å²) >= 11 is 0. The van der Waals surface area contributed by atoms with Gasteiger partial charge in [0.2, 0.25) is 0 Å². The normalized spacial score (nSPS) is 13.1. The van der Waals surface area contributed by atoms with Gasteiger partial charge in [-0.15, -0.1) is 6.58 Å². The Balaban J connectivity index is 3.98. The molecule has 0 aliphatic carbocycles. The van der Waals surface area contributed by atoms with Gasteiger partial charge in [0.05, 0.1) is 6.04 Å². The van der Waals surface area contributed by atoms with E-state index in [2.05, 4.69) is 18.8 Å². The van der Waals surface area contributed by atoms with Gasteiger partial charge in [0.15, 0.2) is 6.29 Å². The van der Waals surface area contributed by atoms with Gasteiger partial charge in [0.25, 0.3) is 0 Å². The Morgan fingerprint density at radius 3 is 2.43 bits per heavy atom. The molecule has 0 saturated carbocycles. The first-order valence-electron chi connectivity index (χ1n) is 5.20. The highest BCUT2D eigenvalue weighted by Crippen LogP contribution is 2.07. The largest absolute Gasteiger partial charge is 0.354 e. The standard InChI is InChI=1S/C11H23NO2/c1-5-7-8-10(12-9-6-2)11(13-3)14-4/h5,10-12H,1,6-9H2,2-4H3. The zero-order valence-electron chi connectivity index (χ0n) is 9.58. The Morgan fingerprint density at radius 1 is 1.36 bits per heavy atom. The van der Waals surface area contributed by atoms with Crippen LogP contribution in [0.4, 0.5) is 0 Å². The molecule has 0 saturated heterocycles. The third kappa shape index (κ3) is 5.37. The molecule has 0 heterocycles. The van der Waals surface area contributed by atoms with Gasteiger partial charge in [-0.05, 0) is 25.8 Å².